The van der Waals surface area contributed by atoms with E-state index in [1.54, 1.807) is 12.1 Å². The van der Waals surface area contributed by atoms with Gasteiger partial charge in [-0.3, -0.25) is 4.79 Å². The van der Waals surface area contributed by atoms with Gasteiger partial charge in [0, 0.05) is 19.1 Å². The van der Waals surface area contributed by atoms with Crippen LogP contribution in [0.3, 0.4) is 0 Å². The third-order valence-corrected chi connectivity index (χ3v) is 4.32. The van der Waals surface area contributed by atoms with Crippen molar-refractivity contribution in [3.05, 3.63) is 29.6 Å². The predicted molar refractivity (Wildman–Crippen MR) is 89.2 cm³/mol. The Kier molecular flexibility index (Phi) is 7.33. The van der Waals surface area contributed by atoms with Crippen molar-refractivity contribution >= 4 is 5.91 Å². The van der Waals surface area contributed by atoms with Crippen LogP contribution in [0, 0.1) is 5.82 Å². The van der Waals surface area contributed by atoms with Crippen LogP contribution < -0.4 is 15.4 Å². The number of ether oxygens (including phenoxy) is 1. The maximum Gasteiger partial charge on any atom is 0.224 e. The molecule has 0 spiro atoms. The fourth-order valence-electron chi connectivity index (χ4n) is 3.03. The normalized spacial score (nSPS) is 15.9. The lowest BCUT2D eigenvalue weighted by molar-refractivity contribution is -0.120. The lowest BCUT2D eigenvalue weighted by Gasteiger charge is -2.16. The van der Waals surface area contributed by atoms with Crippen molar-refractivity contribution in [3.63, 3.8) is 0 Å². The average molecular weight is 322 g/mol. The maximum absolute atomic E-state index is 13.6. The highest BCUT2D eigenvalue weighted by Gasteiger charge is 2.11. The first-order valence-corrected chi connectivity index (χ1v) is 8.51. The number of carbonyl (C=O) groups is 1. The summed E-state index contributed by atoms with van der Waals surface area (Å²) in [5.74, 6) is -0.327. The molecule has 0 unspecified atom stereocenters. The molecule has 1 aromatic carbocycles. The summed E-state index contributed by atoms with van der Waals surface area (Å²) in [6, 6.07) is 5.20. The van der Waals surface area contributed by atoms with E-state index in [1.165, 1.54) is 51.7 Å². The highest BCUT2D eigenvalue weighted by Crippen LogP contribution is 2.18. The van der Waals surface area contributed by atoms with Gasteiger partial charge in [0.25, 0.3) is 0 Å². The maximum atomic E-state index is 13.6. The Hall–Kier alpha value is -1.62. The third kappa shape index (κ3) is 6.18. The molecule has 0 aromatic heterocycles. The molecular weight excluding hydrogens is 295 g/mol. The zero-order valence-electron chi connectivity index (χ0n) is 13.9. The zero-order chi connectivity index (χ0) is 16.5. The molecule has 2 N–H and O–H groups in total. The first kappa shape index (κ1) is 17.7. The number of carbonyl (C=O) groups excluding carboxylic acids is 1. The largest absolute Gasteiger partial charge is 0.494 e. The number of halogens is 1. The van der Waals surface area contributed by atoms with Gasteiger partial charge in [-0.2, -0.15) is 0 Å². The van der Waals surface area contributed by atoms with Gasteiger partial charge in [0.15, 0.2) is 11.6 Å². The van der Waals surface area contributed by atoms with Gasteiger partial charge in [-0.05, 0) is 30.5 Å². The third-order valence-electron chi connectivity index (χ3n) is 4.32. The van der Waals surface area contributed by atoms with Crippen molar-refractivity contribution < 1.29 is 13.9 Å². The van der Waals surface area contributed by atoms with Gasteiger partial charge < -0.3 is 15.4 Å². The van der Waals surface area contributed by atoms with Gasteiger partial charge in [-0.15, -0.1) is 0 Å². The summed E-state index contributed by atoms with van der Waals surface area (Å²) in [4.78, 5) is 11.9. The molecule has 1 aliphatic carbocycles. The van der Waals surface area contributed by atoms with Gasteiger partial charge in [0.2, 0.25) is 5.91 Å². The lowest BCUT2D eigenvalue weighted by Crippen LogP contribution is -2.37. The molecule has 23 heavy (non-hydrogen) atoms. The molecule has 2 rings (SSSR count). The average Bonchev–Trinajstić information content (AvgIpc) is 2.80. The monoisotopic (exact) mass is 322 g/mol. The van der Waals surface area contributed by atoms with Crippen molar-refractivity contribution in [2.75, 3.05) is 20.2 Å². The van der Waals surface area contributed by atoms with E-state index in [0.717, 1.165) is 6.54 Å². The van der Waals surface area contributed by atoms with E-state index in [2.05, 4.69) is 10.6 Å². The summed E-state index contributed by atoms with van der Waals surface area (Å²) in [5.41, 5.74) is 0.650. The van der Waals surface area contributed by atoms with Crippen LogP contribution >= 0.6 is 0 Å². The number of methoxy groups -OCH3 is 1. The minimum atomic E-state index is -0.437. The number of rotatable bonds is 7. The zero-order valence-corrected chi connectivity index (χ0v) is 13.9. The Balaban J connectivity index is 1.65. The first-order valence-electron chi connectivity index (χ1n) is 8.51. The van der Waals surface area contributed by atoms with Crippen molar-refractivity contribution in [3.8, 4) is 5.75 Å². The summed E-state index contributed by atoms with van der Waals surface area (Å²) < 4.78 is 18.4. The standard InChI is InChI=1S/C18H27FN2O2/c1-23-17-9-8-14(12-16(17)19)13-18(22)21-11-10-20-15-6-4-2-3-5-7-15/h8-9,12,15,20H,2-7,10-11,13H2,1H3,(H,21,22). The molecule has 0 heterocycles. The van der Waals surface area contributed by atoms with Crippen LogP contribution in [-0.2, 0) is 11.2 Å². The fourth-order valence-corrected chi connectivity index (χ4v) is 3.03. The Bertz CT molecular complexity index is 500. The molecule has 0 bridgehead atoms. The molecule has 0 aliphatic heterocycles. The molecule has 1 aliphatic rings. The Morgan fingerprint density at radius 1 is 1.22 bits per heavy atom. The van der Waals surface area contributed by atoms with Gasteiger partial charge in [0.05, 0.1) is 13.5 Å². The smallest absolute Gasteiger partial charge is 0.224 e. The molecule has 0 radical (unpaired) electrons. The van der Waals surface area contributed by atoms with Crippen molar-refractivity contribution in [2.45, 2.75) is 51.0 Å². The van der Waals surface area contributed by atoms with E-state index in [0.29, 0.717) is 18.2 Å². The molecule has 1 amide bonds. The summed E-state index contributed by atoms with van der Waals surface area (Å²) >= 11 is 0. The molecule has 0 atom stereocenters. The topological polar surface area (TPSA) is 50.4 Å². The van der Waals surface area contributed by atoms with Gasteiger partial charge >= 0.3 is 0 Å². The quantitative estimate of drug-likeness (QED) is 0.599. The number of amides is 1. The Morgan fingerprint density at radius 2 is 1.96 bits per heavy atom. The second kappa shape index (κ2) is 9.50. The Morgan fingerprint density at radius 3 is 2.61 bits per heavy atom. The summed E-state index contributed by atoms with van der Waals surface area (Å²) in [6.45, 7) is 1.39. The van der Waals surface area contributed by atoms with Gasteiger partial charge in [0.1, 0.15) is 0 Å². The van der Waals surface area contributed by atoms with Crippen LogP contribution in [0.4, 0.5) is 4.39 Å². The second-order valence-electron chi connectivity index (χ2n) is 6.14. The number of hydrogen-bond donors (Lipinski definition) is 2. The highest BCUT2D eigenvalue weighted by molar-refractivity contribution is 5.78. The number of benzene rings is 1. The van der Waals surface area contributed by atoms with Crippen LogP contribution in [0.15, 0.2) is 18.2 Å². The summed E-state index contributed by atoms with van der Waals surface area (Å²) in [5, 5.41) is 6.39. The van der Waals surface area contributed by atoms with Crippen LogP contribution in [0.5, 0.6) is 5.75 Å². The minimum Gasteiger partial charge on any atom is -0.494 e. The molecule has 1 aromatic rings. The molecule has 5 heteroatoms. The minimum absolute atomic E-state index is 0.0859. The van der Waals surface area contributed by atoms with Crippen molar-refractivity contribution in [2.24, 2.45) is 0 Å². The fraction of sp³-hybridized carbons (Fsp3) is 0.611. The summed E-state index contributed by atoms with van der Waals surface area (Å²) in [6.07, 6.45) is 7.93. The van der Waals surface area contributed by atoms with Crippen LogP contribution in [-0.4, -0.2) is 32.1 Å². The first-order chi connectivity index (χ1) is 11.2. The number of hydrogen-bond acceptors (Lipinski definition) is 3. The van der Waals surface area contributed by atoms with Crippen LogP contribution in [0.25, 0.3) is 0 Å². The highest BCUT2D eigenvalue weighted by atomic mass is 19.1. The second-order valence-corrected chi connectivity index (χ2v) is 6.14. The van der Waals surface area contributed by atoms with E-state index in [9.17, 15) is 9.18 Å². The van der Waals surface area contributed by atoms with Crippen LogP contribution in [0.1, 0.15) is 44.1 Å². The van der Waals surface area contributed by atoms with E-state index in [-0.39, 0.29) is 18.1 Å². The molecule has 128 valence electrons. The lowest BCUT2D eigenvalue weighted by atomic mass is 10.1. The van der Waals surface area contributed by atoms with E-state index in [4.69, 9.17) is 4.74 Å². The summed E-state index contributed by atoms with van der Waals surface area (Å²) in [7, 11) is 1.42. The SMILES string of the molecule is COc1ccc(CC(=O)NCCNC2CCCCCC2)cc1F. The van der Waals surface area contributed by atoms with E-state index < -0.39 is 5.82 Å². The van der Waals surface area contributed by atoms with Crippen molar-refractivity contribution in [1.82, 2.24) is 10.6 Å². The molecule has 1 fully saturated rings. The van der Waals surface area contributed by atoms with Crippen LogP contribution in [0.2, 0.25) is 0 Å². The molecular formula is C18H27FN2O2. The molecule has 1 saturated carbocycles. The molecule has 0 saturated heterocycles. The van der Waals surface area contributed by atoms with Crippen molar-refractivity contribution in [1.29, 1.82) is 0 Å². The molecule has 4 nitrogen and oxygen atoms in total. The number of nitrogens with one attached hydrogen (secondary N) is 2. The predicted octanol–water partition coefficient (Wildman–Crippen LogP) is 2.81. The van der Waals surface area contributed by atoms with Gasteiger partial charge in [-0.25, -0.2) is 4.39 Å². The Labute approximate surface area is 137 Å². The van der Waals surface area contributed by atoms with Gasteiger partial charge in [-0.1, -0.05) is 31.7 Å². The van der Waals surface area contributed by atoms with E-state index >= 15 is 0 Å². The van der Waals surface area contributed by atoms with E-state index in [1.807, 2.05) is 0 Å².